The summed E-state index contributed by atoms with van der Waals surface area (Å²) in [6, 6.07) is 29.8. The third-order valence-corrected chi connectivity index (χ3v) is 6.27. The van der Waals surface area contributed by atoms with Crippen LogP contribution in [0.15, 0.2) is 113 Å². The Morgan fingerprint density at radius 2 is 1.38 bits per heavy atom. The summed E-state index contributed by atoms with van der Waals surface area (Å²) in [7, 11) is 0. The number of hydrogen-bond acceptors (Lipinski definition) is 4. The minimum Gasteiger partial charge on any atom is -0.326 e. The quantitative estimate of drug-likeness (QED) is 0.336. The summed E-state index contributed by atoms with van der Waals surface area (Å²) in [5, 5.41) is 5.96. The number of carbonyl (C=O) groups excluding carboxylic acids is 2. The third-order valence-electron chi connectivity index (χ3n) is 6.27. The van der Waals surface area contributed by atoms with E-state index in [1.165, 1.54) is 4.57 Å². The van der Waals surface area contributed by atoms with E-state index in [0.717, 1.165) is 21.4 Å². The molecule has 0 radical (unpaired) electrons. The maximum absolute atomic E-state index is 13.6. The molecule has 0 aliphatic carbocycles. The SMILES string of the molecule is Cc1cccc(NC(=O)Cc2ccc(-n3c(=O)c4ccccc4n(CC(=O)Nc4ccccc4)c3=O)cc2)c1. The van der Waals surface area contributed by atoms with Crippen LogP contribution in [0.2, 0.25) is 0 Å². The molecular weight excluding hydrogens is 492 g/mol. The smallest absolute Gasteiger partial charge is 0.326 e. The lowest BCUT2D eigenvalue weighted by molar-refractivity contribution is -0.117. The molecule has 1 heterocycles. The molecule has 0 bridgehead atoms. The Hall–Kier alpha value is -5.24. The van der Waals surface area contributed by atoms with Gasteiger partial charge in [0, 0.05) is 11.4 Å². The number of anilines is 2. The Morgan fingerprint density at radius 3 is 2.13 bits per heavy atom. The highest BCUT2D eigenvalue weighted by molar-refractivity contribution is 5.92. The fourth-order valence-electron chi connectivity index (χ4n) is 4.44. The van der Waals surface area contributed by atoms with Crippen molar-refractivity contribution in [2.24, 2.45) is 0 Å². The Labute approximate surface area is 224 Å². The highest BCUT2D eigenvalue weighted by Crippen LogP contribution is 2.14. The van der Waals surface area contributed by atoms with Gasteiger partial charge in [0.05, 0.1) is 23.0 Å². The van der Waals surface area contributed by atoms with Crippen LogP contribution in [-0.4, -0.2) is 20.9 Å². The van der Waals surface area contributed by atoms with E-state index in [-0.39, 0.29) is 18.9 Å². The van der Waals surface area contributed by atoms with Gasteiger partial charge in [0.25, 0.3) is 5.56 Å². The van der Waals surface area contributed by atoms with Gasteiger partial charge >= 0.3 is 5.69 Å². The number of amides is 2. The fourth-order valence-corrected chi connectivity index (χ4v) is 4.44. The molecule has 0 saturated heterocycles. The molecule has 8 nitrogen and oxygen atoms in total. The van der Waals surface area contributed by atoms with Gasteiger partial charge in [-0.15, -0.1) is 0 Å². The van der Waals surface area contributed by atoms with Crippen molar-refractivity contribution in [3.63, 3.8) is 0 Å². The molecule has 5 aromatic rings. The van der Waals surface area contributed by atoms with Crippen molar-refractivity contribution in [3.8, 4) is 5.69 Å². The minimum atomic E-state index is -0.633. The zero-order valence-corrected chi connectivity index (χ0v) is 21.3. The number of nitrogens with one attached hydrogen (secondary N) is 2. The van der Waals surface area contributed by atoms with E-state index in [1.807, 2.05) is 37.3 Å². The van der Waals surface area contributed by atoms with Crippen LogP contribution < -0.4 is 21.9 Å². The Bertz CT molecular complexity index is 1790. The molecule has 4 aromatic carbocycles. The molecule has 0 spiro atoms. The molecule has 0 saturated carbocycles. The van der Waals surface area contributed by atoms with Gasteiger partial charge in [0.1, 0.15) is 6.54 Å². The lowest BCUT2D eigenvalue weighted by Crippen LogP contribution is -2.40. The molecule has 2 N–H and O–H groups in total. The van der Waals surface area contributed by atoms with E-state index >= 15 is 0 Å². The zero-order chi connectivity index (χ0) is 27.4. The molecule has 0 fully saturated rings. The van der Waals surface area contributed by atoms with Crippen molar-refractivity contribution in [2.45, 2.75) is 19.9 Å². The number of aromatic nitrogens is 2. The number of hydrogen-bond donors (Lipinski definition) is 2. The van der Waals surface area contributed by atoms with Gasteiger partial charge < -0.3 is 10.6 Å². The van der Waals surface area contributed by atoms with Crippen LogP contribution in [0, 0.1) is 6.92 Å². The van der Waals surface area contributed by atoms with Gasteiger partial charge in [-0.2, -0.15) is 0 Å². The highest BCUT2D eigenvalue weighted by atomic mass is 16.2. The second-order valence-corrected chi connectivity index (χ2v) is 9.20. The molecule has 1 aromatic heterocycles. The fraction of sp³-hybridized carbons (Fsp3) is 0.0968. The second-order valence-electron chi connectivity index (χ2n) is 9.20. The maximum Gasteiger partial charge on any atom is 0.336 e. The summed E-state index contributed by atoms with van der Waals surface area (Å²) in [5.41, 5.74) is 2.69. The van der Waals surface area contributed by atoms with Crippen LogP contribution in [0.25, 0.3) is 16.6 Å². The molecule has 0 atom stereocenters. The van der Waals surface area contributed by atoms with Crippen molar-refractivity contribution in [2.75, 3.05) is 10.6 Å². The first-order valence-corrected chi connectivity index (χ1v) is 12.4. The molecule has 2 amide bonds. The summed E-state index contributed by atoms with van der Waals surface area (Å²) in [4.78, 5) is 52.3. The summed E-state index contributed by atoms with van der Waals surface area (Å²) in [6.07, 6.45) is 0.130. The van der Waals surface area contributed by atoms with Gasteiger partial charge in [-0.3, -0.25) is 19.0 Å². The van der Waals surface area contributed by atoms with E-state index in [2.05, 4.69) is 10.6 Å². The first-order valence-electron chi connectivity index (χ1n) is 12.4. The molecule has 194 valence electrons. The van der Waals surface area contributed by atoms with Crippen molar-refractivity contribution < 1.29 is 9.59 Å². The van der Waals surface area contributed by atoms with Gasteiger partial charge in [-0.05, 0) is 66.6 Å². The molecular formula is C31H26N4O4. The normalized spacial score (nSPS) is 10.8. The number of benzene rings is 4. The summed E-state index contributed by atoms with van der Waals surface area (Å²) in [5.74, 6) is -0.573. The standard InChI is InChI=1S/C31H26N4O4/c1-21-8-7-11-24(18-21)33-28(36)19-22-14-16-25(17-15-22)35-30(38)26-12-5-6-13-27(26)34(31(35)39)20-29(37)32-23-9-3-2-4-10-23/h2-18H,19-20H2,1H3,(H,32,37)(H,33,36). The van der Waals surface area contributed by atoms with Crippen LogP contribution in [0.1, 0.15) is 11.1 Å². The number of rotatable bonds is 7. The number of carbonyl (C=O) groups is 2. The first kappa shape index (κ1) is 25.4. The van der Waals surface area contributed by atoms with Gasteiger partial charge in [-0.25, -0.2) is 9.36 Å². The van der Waals surface area contributed by atoms with Gasteiger partial charge in [-0.1, -0.05) is 54.6 Å². The molecule has 0 unspecified atom stereocenters. The zero-order valence-electron chi connectivity index (χ0n) is 21.3. The van der Waals surface area contributed by atoms with Crippen LogP contribution >= 0.6 is 0 Å². The largest absolute Gasteiger partial charge is 0.336 e. The average molecular weight is 519 g/mol. The van der Waals surface area contributed by atoms with Crippen LogP contribution in [0.3, 0.4) is 0 Å². The van der Waals surface area contributed by atoms with E-state index in [4.69, 9.17) is 0 Å². The minimum absolute atomic E-state index is 0.130. The maximum atomic E-state index is 13.6. The second kappa shape index (κ2) is 11.0. The topological polar surface area (TPSA) is 102 Å². The number of nitrogens with zero attached hydrogens (tertiary/aromatic N) is 2. The van der Waals surface area contributed by atoms with Gasteiger partial charge in [0.15, 0.2) is 0 Å². The third kappa shape index (κ3) is 5.70. The number of aryl methyl sites for hydroxylation is 1. The van der Waals surface area contributed by atoms with Crippen LogP contribution in [0.4, 0.5) is 11.4 Å². The number of fused-ring (bicyclic) bond motifs is 1. The summed E-state index contributed by atoms with van der Waals surface area (Å²) >= 11 is 0. The van der Waals surface area contributed by atoms with E-state index in [0.29, 0.717) is 22.3 Å². The van der Waals surface area contributed by atoms with E-state index in [9.17, 15) is 19.2 Å². The predicted octanol–water partition coefficient (Wildman–Crippen LogP) is 4.28. The van der Waals surface area contributed by atoms with Crippen molar-refractivity contribution in [1.29, 1.82) is 0 Å². The Kier molecular flexibility index (Phi) is 7.18. The summed E-state index contributed by atoms with van der Waals surface area (Å²) < 4.78 is 2.34. The molecule has 0 aliphatic heterocycles. The first-order chi connectivity index (χ1) is 18.9. The Morgan fingerprint density at radius 1 is 0.718 bits per heavy atom. The summed E-state index contributed by atoms with van der Waals surface area (Å²) in [6.45, 7) is 1.68. The molecule has 0 aliphatic rings. The monoisotopic (exact) mass is 518 g/mol. The lowest BCUT2D eigenvalue weighted by Gasteiger charge is -2.14. The van der Waals surface area contributed by atoms with Crippen molar-refractivity contribution in [1.82, 2.24) is 9.13 Å². The van der Waals surface area contributed by atoms with Crippen molar-refractivity contribution >= 4 is 34.1 Å². The van der Waals surface area contributed by atoms with Gasteiger partial charge in [0.2, 0.25) is 11.8 Å². The predicted molar refractivity (Wildman–Crippen MR) is 152 cm³/mol. The number of para-hydroxylation sites is 2. The highest BCUT2D eigenvalue weighted by Gasteiger charge is 2.17. The van der Waals surface area contributed by atoms with Crippen LogP contribution in [-0.2, 0) is 22.6 Å². The van der Waals surface area contributed by atoms with E-state index in [1.54, 1.807) is 72.8 Å². The Balaban J connectivity index is 1.43. The molecule has 8 heteroatoms. The average Bonchev–Trinajstić information content (AvgIpc) is 2.92. The van der Waals surface area contributed by atoms with Crippen LogP contribution in [0.5, 0.6) is 0 Å². The molecule has 5 rings (SSSR count). The lowest BCUT2D eigenvalue weighted by atomic mass is 10.1. The van der Waals surface area contributed by atoms with Crippen molar-refractivity contribution in [3.05, 3.63) is 135 Å². The van der Waals surface area contributed by atoms with E-state index < -0.39 is 17.2 Å². The molecule has 39 heavy (non-hydrogen) atoms.